The van der Waals surface area contributed by atoms with Crippen molar-refractivity contribution in [3.8, 4) is 0 Å². The van der Waals surface area contributed by atoms with E-state index in [0.717, 1.165) is 26.2 Å². The van der Waals surface area contributed by atoms with Gasteiger partial charge in [-0.1, -0.05) is 18.2 Å². The van der Waals surface area contributed by atoms with E-state index in [9.17, 15) is 0 Å². The summed E-state index contributed by atoms with van der Waals surface area (Å²) in [7, 11) is 0. The number of hydrogen-bond acceptors (Lipinski definition) is 2. The van der Waals surface area contributed by atoms with Gasteiger partial charge in [-0.15, -0.1) is 0 Å². The summed E-state index contributed by atoms with van der Waals surface area (Å²) in [5.41, 5.74) is 2.58. The van der Waals surface area contributed by atoms with Crippen molar-refractivity contribution in [2.45, 2.75) is 12.6 Å². The Hall–Kier alpha value is -1.06. The Morgan fingerprint density at radius 1 is 1.36 bits per heavy atom. The van der Waals surface area contributed by atoms with Crippen LogP contribution in [0.5, 0.6) is 0 Å². The number of rotatable bonds is 1. The van der Waals surface area contributed by atoms with E-state index in [-0.39, 0.29) is 0 Å². The Labute approximate surface area is 84.1 Å². The average Bonchev–Trinajstić information content (AvgIpc) is 2.86. The zero-order valence-corrected chi connectivity index (χ0v) is 8.11. The van der Waals surface area contributed by atoms with Gasteiger partial charge in [0.1, 0.15) is 6.17 Å². The first-order valence-electron chi connectivity index (χ1n) is 5.17. The van der Waals surface area contributed by atoms with Crippen molar-refractivity contribution in [3.63, 3.8) is 0 Å². The second kappa shape index (κ2) is 3.26. The maximum absolute atomic E-state index is 4.72. The van der Waals surface area contributed by atoms with E-state index in [1.54, 1.807) is 0 Å². The van der Waals surface area contributed by atoms with Crippen molar-refractivity contribution in [1.82, 2.24) is 15.5 Å². The summed E-state index contributed by atoms with van der Waals surface area (Å²) in [4.78, 5) is 2.40. The molecule has 1 aromatic rings. The van der Waals surface area contributed by atoms with Crippen LogP contribution in [0.4, 0.5) is 5.69 Å². The van der Waals surface area contributed by atoms with Crippen molar-refractivity contribution in [1.29, 1.82) is 0 Å². The lowest BCUT2D eigenvalue weighted by molar-refractivity contribution is 0.227. The highest BCUT2D eigenvalue weighted by molar-refractivity contribution is 5.49. The molecule has 2 aliphatic heterocycles. The monoisotopic (exact) mass is 188 g/mol. The number of benzene rings is 1. The van der Waals surface area contributed by atoms with Gasteiger partial charge in [0.05, 0.1) is 12.4 Å². The summed E-state index contributed by atoms with van der Waals surface area (Å²) in [6, 6.07) is 8.45. The zero-order chi connectivity index (χ0) is 9.38. The summed E-state index contributed by atoms with van der Waals surface area (Å²) in [6.45, 7) is 3.21. The first kappa shape index (κ1) is 8.26. The highest BCUT2D eigenvalue weighted by atomic mass is 15.4. The van der Waals surface area contributed by atoms with E-state index in [2.05, 4.69) is 34.5 Å². The largest absolute Gasteiger partial charge is 0.303 e. The third-order valence-electron chi connectivity index (χ3n) is 2.99. The molecule has 3 nitrogen and oxygen atoms in total. The van der Waals surface area contributed by atoms with Gasteiger partial charge in [-0.25, -0.2) is 0 Å². The Morgan fingerprint density at radius 2 is 2.29 bits per heavy atom. The number of nitrogens with zero attached hydrogens (tertiary/aromatic N) is 2. The second-order valence-electron chi connectivity index (χ2n) is 3.91. The SMILES string of the molecule is c1ccc2c(c1)CC(N1CCNC1)[N]2. The molecule has 1 radical (unpaired) electrons. The second-order valence-corrected chi connectivity index (χ2v) is 3.91. The standard InChI is InChI=1S/C11H14N3/c1-2-4-10-9(3-1)7-11(13-10)14-6-5-12-8-14/h1-4,11-12H,5-8H2. The van der Waals surface area contributed by atoms with Crippen molar-refractivity contribution in [2.75, 3.05) is 19.8 Å². The van der Waals surface area contributed by atoms with E-state index in [4.69, 9.17) is 5.32 Å². The molecule has 0 saturated carbocycles. The molecule has 1 aromatic carbocycles. The minimum Gasteiger partial charge on any atom is -0.303 e. The number of fused-ring (bicyclic) bond motifs is 1. The molecule has 0 aliphatic carbocycles. The smallest absolute Gasteiger partial charge is 0.108 e. The van der Waals surface area contributed by atoms with Crippen LogP contribution in [0.1, 0.15) is 5.56 Å². The van der Waals surface area contributed by atoms with E-state index in [0.29, 0.717) is 6.17 Å². The normalized spacial score (nSPS) is 26.1. The lowest BCUT2D eigenvalue weighted by Gasteiger charge is -2.20. The quantitative estimate of drug-likeness (QED) is 0.702. The number of hydrogen-bond donors (Lipinski definition) is 1. The van der Waals surface area contributed by atoms with Gasteiger partial charge < -0.3 is 5.32 Å². The molecule has 0 amide bonds. The van der Waals surface area contributed by atoms with Crippen LogP contribution in [-0.4, -0.2) is 30.8 Å². The minimum atomic E-state index is 0.377. The lowest BCUT2D eigenvalue weighted by atomic mass is 10.1. The van der Waals surface area contributed by atoms with Gasteiger partial charge in [-0.2, -0.15) is 0 Å². The third kappa shape index (κ3) is 1.29. The van der Waals surface area contributed by atoms with E-state index >= 15 is 0 Å². The Balaban J connectivity index is 1.77. The molecule has 2 heterocycles. The molecule has 73 valence electrons. The molecule has 1 saturated heterocycles. The number of nitrogens with one attached hydrogen (secondary N) is 1. The highest BCUT2D eigenvalue weighted by Crippen LogP contribution is 2.27. The summed E-state index contributed by atoms with van der Waals surface area (Å²) in [5.74, 6) is 0. The van der Waals surface area contributed by atoms with E-state index in [1.165, 1.54) is 11.3 Å². The van der Waals surface area contributed by atoms with Crippen LogP contribution in [0, 0.1) is 0 Å². The minimum absolute atomic E-state index is 0.377. The Morgan fingerprint density at radius 3 is 3.07 bits per heavy atom. The molecule has 0 aromatic heterocycles. The molecule has 3 heteroatoms. The maximum atomic E-state index is 4.72. The molecule has 0 bridgehead atoms. The van der Waals surface area contributed by atoms with Crippen LogP contribution in [0.2, 0.25) is 0 Å². The van der Waals surface area contributed by atoms with Gasteiger partial charge in [-0.05, 0) is 11.6 Å². The van der Waals surface area contributed by atoms with E-state index < -0.39 is 0 Å². The summed E-state index contributed by atoms with van der Waals surface area (Å²) in [5, 5.41) is 8.06. The zero-order valence-electron chi connectivity index (χ0n) is 8.11. The van der Waals surface area contributed by atoms with Crippen LogP contribution in [-0.2, 0) is 6.42 Å². The predicted octanol–water partition coefficient (Wildman–Crippen LogP) is 0.667. The lowest BCUT2D eigenvalue weighted by Crippen LogP contribution is -2.38. The molecule has 3 rings (SSSR count). The molecule has 0 spiro atoms. The summed E-state index contributed by atoms with van der Waals surface area (Å²) in [6.07, 6.45) is 1.46. The highest BCUT2D eigenvalue weighted by Gasteiger charge is 2.28. The molecule has 1 fully saturated rings. The summed E-state index contributed by atoms with van der Waals surface area (Å²) < 4.78 is 0. The van der Waals surface area contributed by atoms with Crippen LogP contribution >= 0.6 is 0 Å². The van der Waals surface area contributed by atoms with Crippen molar-refractivity contribution in [2.24, 2.45) is 0 Å². The fourth-order valence-corrected chi connectivity index (χ4v) is 2.20. The third-order valence-corrected chi connectivity index (χ3v) is 2.99. The van der Waals surface area contributed by atoms with E-state index in [1.807, 2.05) is 0 Å². The van der Waals surface area contributed by atoms with Gasteiger partial charge >= 0.3 is 0 Å². The number of para-hydroxylation sites is 1. The van der Waals surface area contributed by atoms with Crippen molar-refractivity contribution >= 4 is 5.69 Å². The first-order valence-corrected chi connectivity index (χ1v) is 5.17. The molecule has 2 aliphatic rings. The maximum Gasteiger partial charge on any atom is 0.108 e. The van der Waals surface area contributed by atoms with Gasteiger partial charge in [0.25, 0.3) is 0 Å². The molecule has 1 N–H and O–H groups in total. The van der Waals surface area contributed by atoms with Gasteiger partial charge in [0.15, 0.2) is 0 Å². The Bertz CT molecular complexity index is 306. The molecule has 1 unspecified atom stereocenters. The van der Waals surface area contributed by atoms with Crippen molar-refractivity contribution in [3.05, 3.63) is 29.8 Å². The molecule has 1 atom stereocenters. The molecular formula is C11H14N3. The van der Waals surface area contributed by atoms with Crippen LogP contribution in [0.25, 0.3) is 0 Å². The van der Waals surface area contributed by atoms with Crippen LogP contribution in [0.15, 0.2) is 24.3 Å². The molecular weight excluding hydrogens is 174 g/mol. The van der Waals surface area contributed by atoms with Crippen LogP contribution in [0.3, 0.4) is 0 Å². The fourth-order valence-electron chi connectivity index (χ4n) is 2.20. The average molecular weight is 188 g/mol. The summed E-state index contributed by atoms with van der Waals surface area (Å²) >= 11 is 0. The van der Waals surface area contributed by atoms with Gasteiger partial charge in [0.2, 0.25) is 0 Å². The van der Waals surface area contributed by atoms with Crippen LogP contribution < -0.4 is 10.6 Å². The topological polar surface area (TPSA) is 29.4 Å². The van der Waals surface area contributed by atoms with Gasteiger partial charge in [0, 0.05) is 19.5 Å². The first-order chi connectivity index (χ1) is 6.93. The van der Waals surface area contributed by atoms with Crippen molar-refractivity contribution < 1.29 is 0 Å². The van der Waals surface area contributed by atoms with Gasteiger partial charge in [-0.3, -0.25) is 10.2 Å². The Kier molecular flexibility index (Phi) is 1.92. The predicted molar refractivity (Wildman–Crippen MR) is 55.3 cm³/mol. The molecule has 14 heavy (non-hydrogen) atoms. The fraction of sp³-hybridized carbons (Fsp3) is 0.455.